The number of benzene rings is 3. The van der Waals surface area contributed by atoms with Crippen LogP contribution in [0.2, 0.25) is 0 Å². The predicted octanol–water partition coefficient (Wildman–Crippen LogP) is 4.47. The van der Waals surface area contributed by atoms with Crippen LogP contribution in [-0.2, 0) is 10.0 Å². The zero-order valence-corrected chi connectivity index (χ0v) is 18.0. The molecule has 3 aromatic carbocycles. The van der Waals surface area contributed by atoms with Crippen LogP contribution in [0, 0.1) is 0 Å². The smallest absolute Gasteiger partial charge is 0.261 e. The molecule has 0 aliphatic carbocycles. The molecule has 1 unspecified atom stereocenters. The third kappa shape index (κ3) is 4.56. The van der Waals surface area contributed by atoms with E-state index in [0.29, 0.717) is 17.8 Å². The third-order valence-electron chi connectivity index (χ3n) is 5.45. The van der Waals surface area contributed by atoms with Gasteiger partial charge in [0, 0.05) is 17.8 Å². The Morgan fingerprint density at radius 2 is 1.65 bits per heavy atom. The molecule has 1 amide bonds. The first kappa shape index (κ1) is 20.9. The van der Waals surface area contributed by atoms with Crippen LogP contribution in [-0.4, -0.2) is 32.9 Å². The molecule has 0 spiro atoms. The summed E-state index contributed by atoms with van der Waals surface area (Å²) >= 11 is 0. The maximum absolute atomic E-state index is 13.1. The van der Waals surface area contributed by atoms with E-state index in [0.717, 1.165) is 24.2 Å². The van der Waals surface area contributed by atoms with Crippen molar-refractivity contribution in [3.8, 4) is 5.75 Å². The number of hydrogen-bond acceptors (Lipinski definition) is 4. The Morgan fingerprint density at radius 1 is 0.968 bits per heavy atom. The van der Waals surface area contributed by atoms with Crippen molar-refractivity contribution in [3.63, 3.8) is 0 Å². The summed E-state index contributed by atoms with van der Waals surface area (Å²) in [7, 11) is -2.04. The van der Waals surface area contributed by atoms with E-state index in [-0.39, 0.29) is 16.8 Å². The fourth-order valence-electron chi connectivity index (χ4n) is 3.84. The summed E-state index contributed by atoms with van der Waals surface area (Å²) in [6.45, 7) is 0.692. The summed E-state index contributed by atoms with van der Waals surface area (Å²) < 4.78 is 32.7. The second-order valence-electron chi connectivity index (χ2n) is 7.43. The van der Waals surface area contributed by atoms with E-state index in [4.69, 9.17) is 4.74 Å². The van der Waals surface area contributed by atoms with Gasteiger partial charge in [0.2, 0.25) is 0 Å². The van der Waals surface area contributed by atoms with Gasteiger partial charge in [-0.25, -0.2) is 8.42 Å². The highest BCUT2D eigenvalue weighted by atomic mass is 32.2. The summed E-state index contributed by atoms with van der Waals surface area (Å²) in [6.07, 6.45) is 1.85. The lowest BCUT2D eigenvalue weighted by molar-refractivity contribution is 0.0735. The number of likely N-dealkylation sites (tertiary alicyclic amines) is 1. The molecule has 0 saturated carbocycles. The number of methoxy groups -OCH3 is 1. The minimum Gasteiger partial charge on any atom is -0.497 e. The van der Waals surface area contributed by atoms with Gasteiger partial charge in [-0.1, -0.05) is 30.3 Å². The fraction of sp³-hybridized carbons (Fsp3) is 0.208. The van der Waals surface area contributed by atoms with E-state index in [1.165, 1.54) is 12.1 Å². The van der Waals surface area contributed by atoms with Gasteiger partial charge in [-0.15, -0.1) is 0 Å². The van der Waals surface area contributed by atoms with Gasteiger partial charge < -0.3 is 9.64 Å². The van der Waals surface area contributed by atoms with Crippen molar-refractivity contribution in [2.45, 2.75) is 23.8 Å². The average Bonchev–Trinajstić information content (AvgIpc) is 3.29. The molecule has 160 valence electrons. The highest BCUT2D eigenvalue weighted by Gasteiger charge is 2.30. The Labute approximate surface area is 182 Å². The van der Waals surface area contributed by atoms with Gasteiger partial charge in [-0.05, 0) is 66.9 Å². The SMILES string of the molecule is COc1ccc(C2CCCN2C(=O)c2ccc(NS(=O)(=O)c3ccccc3)cc2)cc1. The highest BCUT2D eigenvalue weighted by Crippen LogP contribution is 2.34. The van der Waals surface area contributed by atoms with E-state index >= 15 is 0 Å². The van der Waals surface area contributed by atoms with Crippen LogP contribution in [0.25, 0.3) is 0 Å². The van der Waals surface area contributed by atoms with Gasteiger partial charge >= 0.3 is 0 Å². The minimum atomic E-state index is -3.67. The summed E-state index contributed by atoms with van der Waals surface area (Å²) in [5.41, 5.74) is 2.02. The first-order valence-corrected chi connectivity index (χ1v) is 11.6. The van der Waals surface area contributed by atoms with Crippen molar-refractivity contribution in [1.29, 1.82) is 0 Å². The standard InChI is InChI=1S/C24H24N2O4S/c1-30-21-15-11-18(12-16-21)23-8-5-17-26(23)24(27)19-9-13-20(14-10-19)25-31(28,29)22-6-3-2-4-7-22/h2-4,6-7,9-16,23,25H,5,8,17H2,1H3. The zero-order valence-electron chi connectivity index (χ0n) is 17.2. The largest absolute Gasteiger partial charge is 0.497 e. The summed E-state index contributed by atoms with van der Waals surface area (Å²) in [5.74, 6) is 0.726. The first-order valence-electron chi connectivity index (χ1n) is 10.1. The fourth-order valence-corrected chi connectivity index (χ4v) is 4.92. The number of carbonyl (C=O) groups is 1. The van der Waals surface area contributed by atoms with Crippen molar-refractivity contribution in [1.82, 2.24) is 4.90 Å². The summed E-state index contributed by atoms with van der Waals surface area (Å²) in [4.78, 5) is 15.2. The van der Waals surface area contributed by atoms with Crippen molar-refractivity contribution in [3.05, 3.63) is 90.0 Å². The molecule has 1 saturated heterocycles. The number of hydrogen-bond donors (Lipinski definition) is 1. The molecule has 1 aliphatic heterocycles. The Morgan fingerprint density at radius 3 is 2.29 bits per heavy atom. The van der Waals surface area contributed by atoms with Crippen molar-refractivity contribution < 1.29 is 17.9 Å². The average molecular weight is 437 g/mol. The molecular weight excluding hydrogens is 412 g/mol. The molecule has 0 radical (unpaired) electrons. The number of amides is 1. The molecule has 31 heavy (non-hydrogen) atoms. The molecule has 1 fully saturated rings. The second kappa shape index (κ2) is 8.81. The van der Waals surface area contributed by atoms with Crippen molar-refractivity contribution in [2.75, 3.05) is 18.4 Å². The molecule has 1 heterocycles. The van der Waals surface area contributed by atoms with Gasteiger partial charge in [-0.3, -0.25) is 9.52 Å². The third-order valence-corrected chi connectivity index (χ3v) is 6.85. The Hall–Kier alpha value is -3.32. The van der Waals surface area contributed by atoms with Crippen LogP contribution in [0.1, 0.15) is 34.8 Å². The molecule has 4 rings (SSSR count). The molecule has 0 bridgehead atoms. The molecule has 6 nitrogen and oxygen atoms in total. The van der Waals surface area contributed by atoms with Crippen molar-refractivity contribution >= 4 is 21.6 Å². The van der Waals surface area contributed by atoms with Crippen LogP contribution in [0.3, 0.4) is 0 Å². The minimum absolute atomic E-state index is 0.0228. The van der Waals surface area contributed by atoms with Crippen LogP contribution in [0.4, 0.5) is 5.69 Å². The van der Waals surface area contributed by atoms with Gasteiger partial charge in [-0.2, -0.15) is 0 Å². The normalized spacial score (nSPS) is 16.2. The van der Waals surface area contributed by atoms with Gasteiger partial charge in [0.05, 0.1) is 18.0 Å². The summed E-state index contributed by atoms with van der Waals surface area (Å²) in [6, 6.07) is 22.6. The van der Waals surface area contributed by atoms with E-state index in [1.54, 1.807) is 49.6 Å². The maximum atomic E-state index is 13.1. The van der Waals surface area contributed by atoms with Crippen LogP contribution >= 0.6 is 0 Å². The Kier molecular flexibility index (Phi) is 5.95. The number of ether oxygens (including phenoxy) is 1. The highest BCUT2D eigenvalue weighted by molar-refractivity contribution is 7.92. The van der Waals surface area contributed by atoms with Gasteiger partial charge in [0.25, 0.3) is 15.9 Å². The molecule has 0 aromatic heterocycles. The quantitative estimate of drug-likeness (QED) is 0.618. The zero-order chi connectivity index (χ0) is 21.8. The molecule has 1 N–H and O–H groups in total. The number of nitrogens with one attached hydrogen (secondary N) is 1. The summed E-state index contributed by atoms with van der Waals surface area (Å²) in [5, 5.41) is 0. The molecule has 7 heteroatoms. The Balaban J connectivity index is 1.48. The molecule has 1 aliphatic rings. The van der Waals surface area contributed by atoms with E-state index < -0.39 is 10.0 Å². The monoisotopic (exact) mass is 436 g/mol. The van der Waals surface area contributed by atoms with Gasteiger partial charge in [0.1, 0.15) is 5.75 Å². The van der Waals surface area contributed by atoms with E-state index in [9.17, 15) is 13.2 Å². The second-order valence-corrected chi connectivity index (χ2v) is 9.11. The topological polar surface area (TPSA) is 75.7 Å². The van der Waals surface area contributed by atoms with Gasteiger partial charge in [0.15, 0.2) is 0 Å². The lowest BCUT2D eigenvalue weighted by Gasteiger charge is -2.25. The lowest BCUT2D eigenvalue weighted by atomic mass is 10.0. The lowest BCUT2D eigenvalue weighted by Crippen LogP contribution is -2.30. The molecule has 1 atom stereocenters. The molecule has 3 aromatic rings. The number of nitrogens with zero attached hydrogens (tertiary/aromatic N) is 1. The number of sulfonamides is 1. The van der Waals surface area contributed by atoms with Crippen LogP contribution in [0.15, 0.2) is 83.8 Å². The van der Waals surface area contributed by atoms with E-state index in [2.05, 4.69) is 4.72 Å². The Bertz CT molecular complexity index is 1140. The number of carbonyl (C=O) groups excluding carboxylic acids is 1. The number of rotatable bonds is 6. The van der Waals surface area contributed by atoms with Crippen molar-refractivity contribution in [2.24, 2.45) is 0 Å². The maximum Gasteiger partial charge on any atom is 0.261 e. The number of anilines is 1. The van der Waals surface area contributed by atoms with E-state index in [1.807, 2.05) is 29.2 Å². The first-order chi connectivity index (χ1) is 15.0. The molecular formula is C24H24N2O4S. The van der Waals surface area contributed by atoms with Crippen LogP contribution < -0.4 is 9.46 Å². The predicted molar refractivity (Wildman–Crippen MR) is 120 cm³/mol. The van der Waals surface area contributed by atoms with Crippen LogP contribution in [0.5, 0.6) is 5.75 Å².